The van der Waals surface area contributed by atoms with Gasteiger partial charge < -0.3 is 24.2 Å². The van der Waals surface area contributed by atoms with Crippen molar-refractivity contribution in [2.24, 2.45) is 0 Å². The SMILES string of the molecule is COc1cc(C)c(S(=O)(=O)N(C)CCOCC(=O)N(C)C2CCN(C(=O)CCN3CCCC3)CC2)c(C)c1. The molecule has 0 atom stereocenters. The molecule has 0 radical (unpaired) electrons. The Morgan fingerprint density at radius 3 is 2.21 bits per heavy atom. The van der Waals surface area contributed by atoms with Crippen molar-refractivity contribution in [3.63, 3.8) is 0 Å². The molecule has 0 aromatic heterocycles. The van der Waals surface area contributed by atoms with Gasteiger partial charge in [-0.25, -0.2) is 8.42 Å². The fraction of sp³-hybridized carbons (Fsp3) is 0.704. The molecule has 214 valence electrons. The highest BCUT2D eigenvalue weighted by Gasteiger charge is 2.28. The van der Waals surface area contributed by atoms with Crippen LogP contribution in [0.15, 0.2) is 17.0 Å². The number of ether oxygens (including phenoxy) is 2. The average Bonchev–Trinajstić information content (AvgIpc) is 3.42. The monoisotopic (exact) mass is 552 g/mol. The van der Waals surface area contributed by atoms with Crippen molar-refractivity contribution in [3.8, 4) is 5.75 Å². The fourth-order valence-corrected chi connectivity index (χ4v) is 6.85. The number of carbonyl (C=O) groups excluding carboxylic acids is 2. The molecule has 2 aliphatic heterocycles. The Morgan fingerprint density at radius 1 is 1.03 bits per heavy atom. The van der Waals surface area contributed by atoms with Crippen LogP contribution >= 0.6 is 0 Å². The number of rotatable bonds is 12. The summed E-state index contributed by atoms with van der Waals surface area (Å²) >= 11 is 0. The highest BCUT2D eigenvalue weighted by atomic mass is 32.2. The summed E-state index contributed by atoms with van der Waals surface area (Å²) in [4.78, 5) is 31.5. The van der Waals surface area contributed by atoms with Crippen LogP contribution in [0, 0.1) is 13.8 Å². The van der Waals surface area contributed by atoms with Crippen molar-refractivity contribution < 1.29 is 27.5 Å². The third-order valence-electron chi connectivity index (χ3n) is 7.71. The van der Waals surface area contributed by atoms with Gasteiger partial charge in [0.2, 0.25) is 21.8 Å². The molecule has 2 amide bonds. The van der Waals surface area contributed by atoms with E-state index in [1.807, 2.05) is 4.90 Å². The van der Waals surface area contributed by atoms with Gasteiger partial charge in [0, 0.05) is 52.7 Å². The molecule has 2 heterocycles. The normalized spacial score (nSPS) is 17.3. The molecule has 0 bridgehead atoms. The van der Waals surface area contributed by atoms with Crippen LogP contribution in [0.5, 0.6) is 5.75 Å². The van der Waals surface area contributed by atoms with Gasteiger partial charge in [0.15, 0.2) is 0 Å². The highest BCUT2D eigenvalue weighted by molar-refractivity contribution is 7.89. The first kappa shape index (κ1) is 30.3. The summed E-state index contributed by atoms with van der Waals surface area (Å²) in [7, 11) is 1.11. The van der Waals surface area contributed by atoms with E-state index in [1.165, 1.54) is 24.2 Å². The first-order valence-electron chi connectivity index (χ1n) is 13.5. The second-order valence-electron chi connectivity index (χ2n) is 10.4. The number of benzene rings is 1. The van der Waals surface area contributed by atoms with Crippen molar-refractivity contribution >= 4 is 21.8 Å². The fourth-order valence-electron chi connectivity index (χ4n) is 5.29. The van der Waals surface area contributed by atoms with E-state index in [4.69, 9.17) is 9.47 Å². The van der Waals surface area contributed by atoms with Crippen molar-refractivity contribution in [1.82, 2.24) is 19.0 Å². The minimum absolute atomic E-state index is 0.0674. The van der Waals surface area contributed by atoms with Gasteiger partial charge in [-0.15, -0.1) is 0 Å². The average molecular weight is 553 g/mol. The maximum Gasteiger partial charge on any atom is 0.248 e. The van der Waals surface area contributed by atoms with Crippen molar-refractivity contribution in [2.75, 3.05) is 73.7 Å². The van der Waals surface area contributed by atoms with Crippen LogP contribution in [0.2, 0.25) is 0 Å². The first-order chi connectivity index (χ1) is 18.0. The van der Waals surface area contributed by atoms with Gasteiger partial charge in [-0.2, -0.15) is 4.31 Å². The molecule has 11 heteroatoms. The second kappa shape index (κ2) is 13.7. The van der Waals surface area contributed by atoms with E-state index >= 15 is 0 Å². The van der Waals surface area contributed by atoms with Crippen LogP contribution in [0.1, 0.15) is 43.2 Å². The maximum absolute atomic E-state index is 13.1. The van der Waals surface area contributed by atoms with Crippen molar-refractivity contribution in [2.45, 2.75) is 56.9 Å². The summed E-state index contributed by atoms with van der Waals surface area (Å²) in [5.41, 5.74) is 1.23. The third kappa shape index (κ3) is 7.68. The summed E-state index contributed by atoms with van der Waals surface area (Å²) in [5, 5.41) is 0. The van der Waals surface area contributed by atoms with E-state index in [1.54, 1.807) is 45.0 Å². The van der Waals surface area contributed by atoms with Crippen molar-refractivity contribution in [3.05, 3.63) is 23.3 Å². The zero-order valence-corrected chi connectivity index (χ0v) is 24.4. The topological polar surface area (TPSA) is 99.7 Å². The zero-order valence-electron chi connectivity index (χ0n) is 23.6. The minimum atomic E-state index is -3.71. The van der Waals surface area contributed by atoms with Crippen LogP contribution in [0.4, 0.5) is 0 Å². The van der Waals surface area contributed by atoms with E-state index in [0.29, 0.717) is 36.4 Å². The van der Waals surface area contributed by atoms with Gasteiger partial charge in [-0.3, -0.25) is 9.59 Å². The Hall–Kier alpha value is -2.21. The Labute approximate surface area is 227 Å². The molecule has 0 spiro atoms. The number of nitrogens with zero attached hydrogens (tertiary/aromatic N) is 4. The van der Waals surface area contributed by atoms with E-state index in [9.17, 15) is 18.0 Å². The predicted molar refractivity (Wildman–Crippen MR) is 146 cm³/mol. The lowest BCUT2D eigenvalue weighted by atomic mass is 10.0. The maximum atomic E-state index is 13.1. The van der Waals surface area contributed by atoms with Gasteiger partial charge in [-0.1, -0.05) is 0 Å². The minimum Gasteiger partial charge on any atom is -0.497 e. The quantitative estimate of drug-likeness (QED) is 0.365. The molecule has 1 aromatic rings. The van der Waals surface area contributed by atoms with E-state index < -0.39 is 10.0 Å². The summed E-state index contributed by atoms with van der Waals surface area (Å²) in [6.45, 7) is 7.97. The van der Waals surface area contributed by atoms with Crippen molar-refractivity contribution in [1.29, 1.82) is 0 Å². The molecule has 3 rings (SSSR count). The zero-order chi connectivity index (χ0) is 27.9. The number of likely N-dealkylation sites (N-methyl/N-ethyl adjacent to an activating group) is 2. The van der Waals surface area contributed by atoms with E-state index in [-0.39, 0.29) is 42.5 Å². The molecule has 2 saturated heterocycles. The summed E-state index contributed by atoms with van der Waals surface area (Å²) in [6.07, 6.45) is 4.51. The lowest BCUT2D eigenvalue weighted by Crippen LogP contribution is -2.48. The number of hydrogen-bond donors (Lipinski definition) is 0. The molecular weight excluding hydrogens is 508 g/mol. The molecule has 0 N–H and O–H groups in total. The molecule has 1 aromatic carbocycles. The number of likely N-dealkylation sites (tertiary alicyclic amines) is 2. The molecule has 2 fully saturated rings. The second-order valence-corrected chi connectivity index (χ2v) is 12.4. The Bertz CT molecular complexity index is 1040. The molecule has 2 aliphatic rings. The Morgan fingerprint density at radius 2 is 1.63 bits per heavy atom. The number of amides is 2. The van der Waals surface area contributed by atoms with Crippen LogP contribution in [-0.2, 0) is 24.3 Å². The largest absolute Gasteiger partial charge is 0.497 e. The van der Waals surface area contributed by atoms with E-state index in [0.717, 1.165) is 32.5 Å². The number of hydrogen-bond acceptors (Lipinski definition) is 7. The number of sulfonamides is 1. The van der Waals surface area contributed by atoms with Gasteiger partial charge in [0.1, 0.15) is 12.4 Å². The number of carbonyl (C=O) groups is 2. The van der Waals surface area contributed by atoms with Crippen LogP contribution in [-0.4, -0.2) is 119 Å². The van der Waals surface area contributed by atoms with E-state index in [2.05, 4.69) is 4.90 Å². The van der Waals surface area contributed by atoms with Crippen LogP contribution < -0.4 is 4.74 Å². The third-order valence-corrected chi connectivity index (χ3v) is 9.88. The molecular formula is C27H44N4O6S. The standard InChI is InChI=1S/C27H44N4O6S/c1-21-18-24(36-5)19-22(2)27(21)38(34,35)28(3)16-17-37-20-26(33)29(4)23-8-14-31(15-9-23)25(32)10-13-30-11-6-7-12-30/h18-19,23H,6-17,20H2,1-5H3. The summed E-state index contributed by atoms with van der Waals surface area (Å²) < 4.78 is 38.3. The first-order valence-corrected chi connectivity index (χ1v) is 14.9. The van der Waals surface area contributed by atoms with Crippen LogP contribution in [0.3, 0.4) is 0 Å². The Kier molecular flexibility index (Phi) is 11.0. The van der Waals surface area contributed by atoms with Gasteiger partial charge in [0.25, 0.3) is 0 Å². The summed E-state index contributed by atoms with van der Waals surface area (Å²) in [6, 6.07) is 3.47. The van der Waals surface area contributed by atoms with Crippen LogP contribution in [0.25, 0.3) is 0 Å². The highest BCUT2D eigenvalue weighted by Crippen LogP contribution is 2.27. The molecule has 0 unspecified atom stereocenters. The lowest BCUT2D eigenvalue weighted by Gasteiger charge is -2.37. The Balaban J connectivity index is 1.39. The number of aryl methyl sites for hydroxylation is 2. The molecule has 10 nitrogen and oxygen atoms in total. The number of methoxy groups -OCH3 is 1. The number of piperidine rings is 1. The smallest absolute Gasteiger partial charge is 0.248 e. The summed E-state index contributed by atoms with van der Waals surface area (Å²) in [5.74, 6) is 0.672. The lowest BCUT2D eigenvalue weighted by molar-refractivity contribution is -0.139. The van der Waals surface area contributed by atoms with Gasteiger partial charge >= 0.3 is 0 Å². The molecule has 38 heavy (non-hydrogen) atoms. The molecule has 0 saturated carbocycles. The van der Waals surface area contributed by atoms with Gasteiger partial charge in [0.05, 0.1) is 18.6 Å². The molecule has 0 aliphatic carbocycles. The predicted octanol–water partition coefficient (Wildman–Crippen LogP) is 1.88. The van der Waals surface area contributed by atoms with Gasteiger partial charge in [-0.05, 0) is 75.9 Å².